The summed E-state index contributed by atoms with van der Waals surface area (Å²) in [7, 11) is 0. The molecule has 0 N–H and O–H groups in total. The van der Waals surface area contributed by atoms with E-state index < -0.39 is 11.2 Å². The summed E-state index contributed by atoms with van der Waals surface area (Å²) in [6.45, 7) is 0.919. The number of fused-ring (bicyclic) bond motifs is 3. The van der Waals surface area contributed by atoms with Crippen LogP contribution in [0.5, 0.6) is 5.75 Å². The first-order chi connectivity index (χ1) is 13.1. The smallest absolute Gasteiger partial charge is 0.165 e. The SMILES string of the molecule is Fc1ccc(F)c2c1OC[C@@H]1[C@@H](C3CC3)OCC[C@]21Cc1ccc(Cl)cc1. The summed E-state index contributed by atoms with van der Waals surface area (Å²) in [6, 6.07) is 10.0. The fraction of sp³-hybridized carbons (Fsp3) is 0.455. The molecule has 142 valence electrons. The fourth-order valence-electron chi connectivity index (χ4n) is 5.03. The van der Waals surface area contributed by atoms with E-state index in [-0.39, 0.29) is 23.6 Å². The first-order valence-electron chi connectivity index (χ1n) is 9.56. The van der Waals surface area contributed by atoms with E-state index in [1.807, 2.05) is 24.3 Å². The Hall–Kier alpha value is -1.65. The van der Waals surface area contributed by atoms with E-state index in [1.54, 1.807) is 0 Å². The van der Waals surface area contributed by atoms with Crippen LogP contribution in [0.15, 0.2) is 36.4 Å². The van der Waals surface area contributed by atoms with Crippen molar-refractivity contribution in [3.05, 3.63) is 64.2 Å². The van der Waals surface area contributed by atoms with Crippen molar-refractivity contribution >= 4 is 11.6 Å². The van der Waals surface area contributed by atoms with E-state index in [0.29, 0.717) is 42.6 Å². The van der Waals surface area contributed by atoms with E-state index >= 15 is 4.39 Å². The lowest BCUT2D eigenvalue weighted by Crippen LogP contribution is -2.55. The van der Waals surface area contributed by atoms with Crippen molar-refractivity contribution in [1.82, 2.24) is 0 Å². The van der Waals surface area contributed by atoms with Crippen LogP contribution in [0.3, 0.4) is 0 Å². The van der Waals surface area contributed by atoms with Crippen LogP contribution in [0.25, 0.3) is 0 Å². The van der Waals surface area contributed by atoms with Gasteiger partial charge in [-0.15, -0.1) is 0 Å². The zero-order valence-electron chi connectivity index (χ0n) is 14.9. The Morgan fingerprint density at radius 2 is 1.78 bits per heavy atom. The zero-order valence-corrected chi connectivity index (χ0v) is 15.6. The number of hydrogen-bond donors (Lipinski definition) is 0. The molecule has 0 aromatic heterocycles. The third-order valence-corrected chi connectivity index (χ3v) is 6.70. The van der Waals surface area contributed by atoms with E-state index in [1.165, 1.54) is 6.07 Å². The van der Waals surface area contributed by atoms with Gasteiger partial charge in [0.2, 0.25) is 0 Å². The Balaban J connectivity index is 1.66. The van der Waals surface area contributed by atoms with Crippen molar-refractivity contribution in [2.75, 3.05) is 13.2 Å². The topological polar surface area (TPSA) is 18.5 Å². The Kier molecular flexibility index (Phi) is 4.17. The van der Waals surface area contributed by atoms with Gasteiger partial charge in [-0.1, -0.05) is 23.7 Å². The van der Waals surface area contributed by atoms with E-state index in [9.17, 15) is 4.39 Å². The number of ether oxygens (including phenoxy) is 2. The molecule has 3 aliphatic rings. The second-order valence-electron chi connectivity index (χ2n) is 8.03. The molecule has 2 heterocycles. The van der Waals surface area contributed by atoms with Gasteiger partial charge in [0.1, 0.15) is 5.82 Å². The molecule has 1 aliphatic carbocycles. The summed E-state index contributed by atoms with van der Waals surface area (Å²) in [5.41, 5.74) is 0.930. The first kappa shape index (κ1) is 17.4. The van der Waals surface area contributed by atoms with E-state index in [4.69, 9.17) is 21.1 Å². The molecule has 2 aromatic carbocycles. The van der Waals surface area contributed by atoms with Gasteiger partial charge >= 0.3 is 0 Å². The highest BCUT2D eigenvalue weighted by molar-refractivity contribution is 6.30. The quantitative estimate of drug-likeness (QED) is 0.707. The van der Waals surface area contributed by atoms with E-state index in [0.717, 1.165) is 24.5 Å². The van der Waals surface area contributed by atoms with Crippen molar-refractivity contribution in [2.24, 2.45) is 11.8 Å². The fourth-order valence-corrected chi connectivity index (χ4v) is 5.16. The molecule has 2 fully saturated rings. The third kappa shape index (κ3) is 2.85. The molecule has 27 heavy (non-hydrogen) atoms. The average Bonchev–Trinajstić information content (AvgIpc) is 3.50. The standard InChI is InChI=1S/C22H21ClF2O2/c23-15-5-1-13(2-6-15)11-22-9-10-26-20(14-3-4-14)16(22)12-27-21-18(25)8-7-17(24)19(21)22/h1-2,5-8,14,16,20H,3-4,9-12H2/t16-,20-,22-/m1/s1. The van der Waals surface area contributed by atoms with Gasteiger partial charge in [0.15, 0.2) is 11.6 Å². The number of rotatable bonds is 3. The molecule has 1 saturated heterocycles. The Morgan fingerprint density at radius 1 is 1.04 bits per heavy atom. The van der Waals surface area contributed by atoms with E-state index in [2.05, 4.69) is 0 Å². The number of hydrogen-bond acceptors (Lipinski definition) is 2. The Bertz CT molecular complexity index is 865. The molecule has 2 aromatic rings. The summed E-state index contributed by atoms with van der Waals surface area (Å²) >= 11 is 6.04. The second-order valence-corrected chi connectivity index (χ2v) is 8.47. The molecular weight excluding hydrogens is 370 g/mol. The maximum Gasteiger partial charge on any atom is 0.165 e. The highest BCUT2D eigenvalue weighted by Crippen LogP contribution is 2.55. The predicted molar refractivity (Wildman–Crippen MR) is 99.3 cm³/mol. The lowest BCUT2D eigenvalue weighted by molar-refractivity contribution is -0.105. The Morgan fingerprint density at radius 3 is 2.52 bits per heavy atom. The summed E-state index contributed by atoms with van der Waals surface area (Å²) in [5, 5.41) is 0.667. The molecule has 5 heteroatoms. The van der Waals surface area contributed by atoms with Gasteiger partial charge in [-0.3, -0.25) is 0 Å². The van der Waals surface area contributed by atoms with Crippen molar-refractivity contribution in [3.63, 3.8) is 0 Å². The molecule has 1 saturated carbocycles. The lowest BCUT2D eigenvalue weighted by Gasteiger charge is -2.51. The molecule has 0 bridgehead atoms. The van der Waals surface area contributed by atoms with Crippen molar-refractivity contribution in [1.29, 1.82) is 0 Å². The second kappa shape index (κ2) is 6.46. The van der Waals surface area contributed by atoms with Crippen molar-refractivity contribution in [3.8, 4) is 5.75 Å². The molecule has 2 nitrogen and oxygen atoms in total. The minimum atomic E-state index is -0.529. The van der Waals surface area contributed by atoms with Gasteiger partial charge in [0.25, 0.3) is 0 Å². The van der Waals surface area contributed by atoms with Crippen LogP contribution in [-0.2, 0) is 16.6 Å². The minimum absolute atomic E-state index is 0.0122. The largest absolute Gasteiger partial charge is 0.490 e. The molecule has 0 amide bonds. The molecular formula is C22H21ClF2O2. The average molecular weight is 391 g/mol. The van der Waals surface area contributed by atoms with Crippen LogP contribution in [0.1, 0.15) is 30.4 Å². The molecule has 5 rings (SSSR count). The zero-order chi connectivity index (χ0) is 18.6. The van der Waals surface area contributed by atoms with Crippen LogP contribution in [-0.4, -0.2) is 19.3 Å². The summed E-state index contributed by atoms with van der Waals surface area (Å²) < 4.78 is 41.5. The highest BCUT2D eigenvalue weighted by Gasteiger charge is 2.56. The summed E-state index contributed by atoms with van der Waals surface area (Å²) in [4.78, 5) is 0. The van der Waals surface area contributed by atoms with Crippen LogP contribution in [0, 0.1) is 23.5 Å². The van der Waals surface area contributed by atoms with Gasteiger partial charge in [-0.2, -0.15) is 0 Å². The van der Waals surface area contributed by atoms with Crippen LogP contribution in [0.2, 0.25) is 5.02 Å². The van der Waals surface area contributed by atoms with Gasteiger partial charge in [-0.25, -0.2) is 8.78 Å². The van der Waals surface area contributed by atoms with Crippen molar-refractivity contribution in [2.45, 2.75) is 37.2 Å². The molecule has 0 radical (unpaired) electrons. The normalized spacial score (nSPS) is 29.6. The van der Waals surface area contributed by atoms with Gasteiger partial charge in [0.05, 0.1) is 12.7 Å². The first-order valence-corrected chi connectivity index (χ1v) is 9.93. The van der Waals surface area contributed by atoms with Crippen LogP contribution >= 0.6 is 11.6 Å². The van der Waals surface area contributed by atoms with Gasteiger partial charge in [-0.05, 0) is 61.4 Å². The van der Waals surface area contributed by atoms with Gasteiger partial charge < -0.3 is 9.47 Å². The van der Waals surface area contributed by atoms with Gasteiger partial charge in [0, 0.05) is 28.5 Å². The minimum Gasteiger partial charge on any atom is -0.490 e. The molecule has 2 aliphatic heterocycles. The third-order valence-electron chi connectivity index (χ3n) is 6.45. The maximum atomic E-state index is 15.1. The summed E-state index contributed by atoms with van der Waals surface area (Å²) in [5.74, 6) is -0.284. The predicted octanol–water partition coefficient (Wildman–Crippen LogP) is 5.31. The number of halogens is 3. The highest BCUT2D eigenvalue weighted by atomic mass is 35.5. The number of benzene rings is 2. The maximum absolute atomic E-state index is 15.1. The summed E-state index contributed by atoms with van der Waals surface area (Å²) in [6.07, 6.45) is 3.59. The lowest BCUT2D eigenvalue weighted by atomic mass is 9.60. The Labute approximate surface area is 162 Å². The van der Waals surface area contributed by atoms with Crippen LogP contribution < -0.4 is 4.74 Å². The van der Waals surface area contributed by atoms with Crippen LogP contribution in [0.4, 0.5) is 8.78 Å². The molecule has 0 spiro atoms. The molecule has 3 atom stereocenters. The molecule has 0 unspecified atom stereocenters. The van der Waals surface area contributed by atoms with Crippen molar-refractivity contribution < 1.29 is 18.3 Å². The monoisotopic (exact) mass is 390 g/mol.